The molecule has 0 amide bonds. The largest absolute Gasteiger partial charge is 0.486 e. The number of fused-ring (bicyclic) bond motifs is 1. The highest BCUT2D eigenvalue weighted by Crippen LogP contribution is 2.32. The first-order valence-electron chi connectivity index (χ1n) is 7.18. The van der Waals surface area contributed by atoms with Gasteiger partial charge in [-0.25, -0.2) is 9.97 Å². The summed E-state index contributed by atoms with van der Waals surface area (Å²) in [6.45, 7) is 1.08. The van der Waals surface area contributed by atoms with Crippen molar-refractivity contribution in [1.29, 1.82) is 0 Å². The van der Waals surface area contributed by atoms with Crippen LogP contribution in [0.1, 0.15) is 5.82 Å². The Morgan fingerprint density at radius 1 is 1.17 bits per heavy atom. The van der Waals surface area contributed by atoms with Gasteiger partial charge in [0.05, 0.1) is 11.4 Å². The van der Waals surface area contributed by atoms with Gasteiger partial charge in [-0.3, -0.25) is 0 Å². The summed E-state index contributed by atoms with van der Waals surface area (Å²) in [4.78, 5) is 8.34. The number of hydrogen-bond acceptors (Lipinski definition) is 9. The van der Waals surface area contributed by atoms with E-state index in [1.165, 1.54) is 11.8 Å². The van der Waals surface area contributed by atoms with Gasteiger partial charge in [0.1, 0.15) is 24.9 Å². The Balaban J connectivity index is 1.56. The number of hydrogen-bond donors (Lipinski definition) is 1. The van der Waals surface area contributed by atoms with Gasteiger partial charge in [0.25, 0.3) is 0 Å². The number of ether oxygens (including phenoxy) is 2. The molecule has 122 valence electrons. The highest BCUT2D eigenvalue weighted by atomic mass is 32.2. The number of benzene rings is 1. The minimum Gasteiger partial charge on any atom is -0.486 e. The molecular weight excluding hydrogens is 330 g/mol. The summed E-state index contributed by atoms with van der Waals surface area (Å²) >= 11 is 1.42. The molecule has 3 aromatic rings. The number of rotatable bonds is 4. The lowest BCUT2D eigenvalue weighted by molar-refractivity contribution is 0.171. The molecule has 0 saturated carbocycles. The zero-order valence-corrected chi connectivity index (χ0v) is 13.3. The summed E-state index contributed by atoms with van der Waals surface area (Å²) in [5.74, 6) is 2.98. The van der Waals surface area contributed by atoms with Crippen molar-refractivity contribution in [3.63, 3.8) is 0 Å². The number of nitrogen functional groups attached to an aromatic ring is 1. The monoisotopic (exact) mass is 343 g/mol. The van der Waals surface area contributed by atoms with Gasteiger partial charge in [-0.1, -0.05) is 11.8 Å². The number of aromatic nitrogens is 6. The number of nitrogens with zero attached hydrogens (tertiary/aromatic N) is 6. The van der Waals surface area contributed by atoms with E-state index in [2.05, 4.69) is 25.5 Å². The van der Waals surface area contributed by atoms with E-state index in [4.69, 9.17) is 15.2 Å². The van der Waals surface area contributed by atoms with Crippen molar-refractivity contribution >= 4 is 17.6 Å². The minimum atomic E-state index is 0.437. The molecule has 0 aliphatic carbocycles. The van der Waals surface area contributed by atoms with E-state index in [-0.39, 0.29) is 0 Å². The highest BCUT2D eigenvalue weighted by Gasteiger charge is 2.15. The zero-order chi connectivity index (χ0) is 16.4. The van der Waals surface area contributed by atoms with Gasteiger partial charge in [-0.2, -0.15) is 4.68 Å². The Morgan fingerprint density at radius 3 is 2.92 bits per heavy atom. The van der Waals surface area contributed by atoms with Crippen LogP contribution < -0.4 is 15.2 Å². The Hall–Kier alpha value is -2.88. The number of nitrogens with two attached hydrogens (primary N) is 1. The Kier molecular flexibility index (Phi) is 3.87. The van der Waals surface area contributed by atoms with E-state index in [9.17, 15) is 0 Å². The average Bonchev–Trinajstić information content (AvgIpc) is 3.08. The first kappa shape index (κ1) is 14.7. The fourth-order valence-electron chi connectivity index (χ4n) is 2.21. The van der Waals surface area contributed by atoms with Crippen molar-refractivity contribution in [1.82, 2.24) is 30.2 Å². The maximum Gasteiger partial charge on any atom is 0.214 e. The highest BCUT2D eigenvalue weighted by molar-refractivity contribution is 7.98. The van der Waals surface area contributed by atoms with Crippen LogP contribution in [0.5, 0.6) is 11.5 Å². The van der Waals surface area contributed by atoms with E-state index in [0.29, 0.717) is 41.5 Å². The third-order valence-electron chi connectivity index (χ3n) is 3.27. The van der Waals surface area contributed by atoms with Crippen LogP contribution in [0.4, 0.5) is 5.82 Å². The molecule has 4 rings (SSSR count). The minimum absolute atomic E-state index is 0.437. The molecule has 0 radical (unpaired) electrons. The van der Waals surface area contributed by atoms with Crippen LogP contribution in [0.3, 0.4) is 0 Å². The fraction of sp³-hybridized carbons (Fsp3) is 0.214. The smallest absolute Gasteiger partial charge is 0.214 e. The van der Waals surface area contributed by atoms with E-state index in [1.807, 2.05) is 18.2 Å². The maximum absolute atomic E-state index is 5.66. The lowest BCUT2D eigenvalue weighted by atomic mass is 10.2. The predicted octanol–water partition coefficient (Wildman–Crippen LogP) is 1.10. The van der Waals surface area contributed by atoms with Gasteiger partial charge in [-0.15, -0.1) is 5.10 Å². The molecule has 2 N–H and O–H groups in total. The van der Waals surface area contributed by atoms with Crippen molar-refractivity contribution in [3.8, 4) is 17.2 Å². The maximum atomic E-state index is 5.66. The molecule has 1 aliphatic heterocycles. The summed E-state index contributed by atoms with van der Waals surface area (Å²) in [6.07, 6.45) is 1.63. The Labute approximate surface area is 141 Å². The third kappa shape index (κ3) is 2.95. The van der Waals surface area contributed by atoms with Crippen molar-refractivity contribution < 1.29 is 9.47 Å². The van der Waals surface area contributed by atoms with Crippen LogP contribution in [0, 0.1) is 0 Å². The first-order valence-corrected chi connectivity index (χ1v) is 8.17. The van der Waals surface area contributed by atoms with Crippen LogP contribution >= 0.6 is 11.8 Å². The topological polar surface area (TPSA) is 114 Å². The van der Waals surface area contributed by atoms with Crippen molar-refractivity contribution in [2.45, 2.75) is 10.9 Å². The van der Waals surface area contributed by atoms with Crippen LogP contribution in [0.2, 0.25) is 0 Å². The molecule has 0 saturated heterocycles. The fourth-order valence-corrected chi connectivity index (χ4v) is 2.96. The molecule has 0 spiro atoms. The number of thioether (sulfide) groups is 1. The standard InChI is InChI=1S/C14H13N7O2S/c15-12-3-4-16-13(17-12)8-24-14-18-19-20-21(14)9-1-2-10-11(7-9)23-6-5-22-10/h1-4,7H,5-6,8H2,(H2,15,16,17). The molecule has 1 aromatic carbocycles. The summed E-state index contributed by atoms with van der Waals surface area (Å²) in [5, 5.41) is 12.5. The van der Waals surface area contributed by atoms with E-state index < -0.39 is 0 Å². The van der Waals surface area contributed by atoms with E-state index in [1.54, 1.807) is 16.9 Å². The van der Waals surface area contributed by atoms with Gasteiger partial charge in [0, 0.05) is 12.3 Å². The zero-order valence-electron chi connectivity index (χ0n) is 12.5. The van der Waals surface area contributed by atoms with Crippen molar-refractivity contribution in [3.05, 3.63) is 36.3 Å². The average molecular weight is 343 g/mol. The molecule has 1 aliphatic rings. The Bertz CT molecular complexity index is 870. The Morgan fingerprint density at radius 2 is 2.04 bits per heavy atom. The van der Waals surface area contributed by atoms with Gasteiger partial charge in [-0.05, 0) is 28.6 Å². The molecule has 0 atom stereocenters. The SMILES string of the molecule is Nc1ccnc(CSc2nnnn2-c2ccc3c(c2)OCCO3)n1. The summed E-state index contributed by atoms with van der Waals surface area (Å²) in [6, 6.07) is 7.23. The molecule has 24 heavy (non-hydrogen) atoms. The second-order valence-corrected chi connectivity index (χ2v) is 5.83. The van der Waals surface area contributed by atoms with E-state index in [0.717, 1.165) is 11.4 Å². The summed E-state index contributed by atoms with van der Waals surface area (Å²) in [5.41, 5.74) is 6.45. The number of anilines is 1. The molecule has 0 fully saturated rings. The van der Waals surface area contributed by atoms with Crippen molar-refractivity contribution in [2.75, 3.05) is 18.9 Å². The quantitative estimate of drug-likeness (QED) is 0.695. The predicted molar refractivity (Wildman–Crippen MR) is 86.1 cm³/mol. The van der Waals surface area contributed by atoms with Crippen LogP contribution in [0.25, 0.3) is 5.69 Å². The molecule has 3 heterocycles. The second-order valence-electron chi connectivity index (χ2n) is 4.89. The van der Waals surface area contributed by atoms with Gasteiger partial charge in [0.15, 0.2) is 11.5 Å². The lowest BCUT2D eigenvalue weighted by Gasteiger charge is -2.18. The molecular formula is C14H13N7O2S. The summed E-state index contributed by atoms with van der Waals surface area (Å²) < 4.78 is 12.8. The van der Waals surface area contributed by atoms with Crippen molar-refractivity contribution in [2.24, 2.45) is 0 Å². The van der Waals surface area contributed by atoms with Gasteiger partial charge in [0.2, 0.25) is 5.16 Å². The lowest BCUT2D eigenvalue weighted by Crippen LogP contribution is -2.15. The van der Waals surface area contributed by atoms with Gasteiger partial charge >= 0.3 is 0 Å². The summed E-state index contributed by atoms with van der Waals surface area (Å²) in [7, 11) is 0. The van der Waals surface area contributed by atoms with Crippen LogP contribution in [-0.2, 0) is 5.75 Å². The molecule has 9 nitrogen and oxygen atoms in total. The normalized spacial score (nSPS) is 13.0. The number of tetrazole rings is 1. The first-order chi connectivity index (χ1) is 11.8. The van der Waals surface area contributed by atoms with Crippen LogP contribution in [-0.4, -0.2) is 43.4 Å². The van der Waals surface area contributed by atoms with E-state index >= 15 is 0 Å². The molecule has 10 heteroatoms. The third-order valence-corrected chi connectivity index (χ3v) is 4.18. The molecule has 0 bridgehead atoms. The molecule has 2 aromatic heterocycles. The van der Waals surface area contributed by atoms with Gasteiger partial charge < -0.3 is 15.2 Å². The molecule has 0 unspecified atom stereocenters. The second kappa shape index (κ2) is 6.32. The van der Waals surface area contributed by atoms with Crippen LogP contribution in [0.15, 0.2) is 35.6 Å².